The molecule has 31 heavy (non-hydrogen) atoms. The van der Waals surface area contributed by atoms with Crippen LogP contribution in [-0.2, 0) is 25.6 Å². The number of aromatic nitrogens is 1. The minimum absolute atomic E-state index is 0.0698. The molecule has 1 aromatic heterocycles. The Morgan fingerprint density at radius 1 is 1.03 bits per heavy atom. The zero-order valence-corrected chi connectivity index (χ0v) is 17.4. The van der Waals surface area contributed by atoms with E-state index in [-0.39, 0.29) is 35.8 Å². The van der Waals surface area contributed by atoms with Gasteiger partial charge in [0.1, 0.15) is 11.5 Å². The largest absolute Gasteiger partial charge is 0.483 e. The Morgan fingerprint density at radius 2 is 1.68 bits per heavy atom. The summed E-state index contributed by atoms with van der Waals surface area (Å²) in [5, 5.41) is 8.84. The molecule has 2 aromatic carbocycles. The second-order valence-corrected chi connectivity index (χ2v) is 7.66. The van der Waals surface area contributed by atoms with Crippen molar-refractivity contribution < 1.29 is 31.8 Å². The first kappa shape index (κ1) is 23.1. The Morgan fingerprint density at radius 3 is 2.23 bits per heavy atom. The highest BCUT2D eigenvalue weighted by Gasteiger charge is 2.38. The summed E-state index contributed by atoms with van der Waals surface area (Å²) in [4.78, 5) is -0.970. The molecule has 1 N–H and O–H groups in total. The number of aliphatic hydroxyl groups excluding tert-OH is 1. The van der Waals surface area contributed by atoms with Crippen LogP contribution in [0.3, 0.4) is 0 Å². The van der Waals surface area contributed by atoms with Gasteiger partial charge < -0.3 is 9.84 Å². The van der Waals surface area contributed by atoms with Gasteiger partial charge in [0.05, 0.1) is 5.69 Å². The molecular formula is C22H20F5NO2S. The third kappa shape index (κ3) is 5.40. The summed E-state index contributed by atoms with van der Waals surface area (Å²) in [6.07, 6.45) is -3.32. The lowest BCUT2D eigenvalue weighted by molar-refractivity contribution is -0.135. The Labute approximate surface area is 180 Å². The SMILES string of the molecule is CCc1ccc(-c2nsc(C(F)(F)F)c2COc2c(F)cc(CCCO)cc2F)cc1. The molecule has 0 atom stereocenters. The van der Waals surface area contributed by atoms with E-state index in [4.69, 9.17) is 9.84 Å². The first-order valence-electron chi connectivity index (χ1n) is 9.61. The van der Waals surface area contributed by atoms with Crippen molar-refractivity contribution >= 4 is 11.5 Å². The van der Waals surface area contributed by atoms with Crippen molar-refractivity contribution in [2.45, 2.75) is 39.0 Å². The number of rotatable bonds is 8. The molecule has 0 saturated carbocycles. The smallest absolute Gasteiger partial charge is 0.427 e. The molecule has 3 nitrogen and oxygen atoms in total. The molecular weight excluding hydrogens is 437 g/mol. The topological polar surface area (TPSA) is 42.4 Å². The summed E-state index contributed by atoms with van der Waals surface area (Å²) in [5.74, 6) is -2.78. The summed E-state index contributed by atoms with van der Waals surface area (Å²) in [6.45, 7) is 1.13. The van der Waals surface area contributed by atoms with Crippen LogP contribution in [0.25, 0.3) is 11.3 Å². The summed E-state index contributed by atoms with van der Waals surface area (Å²) >= 11 is 0.277. The van der Waals surface area contributed by atoms with Crippen molar-refractivity contribution in [3.8, 4) is 17.0 Å². The normalized spacial score (nSPS) is 11.7. The molecule has 0 fully saturated rings. The fourth-order valence-corrected chi connectivity index (χ4v) is 3.88. The minimum Gasteiger partial charge on any atom is -0.483 e. The van der Waals surface area contributed by atoms with Gasteiger partial charge in [-0.1, -0.05) is 31.2 Å². The van der Waals surface area contributed by atoms with Crippen LogP contribution in [0.4, 0.5) is 22.0 Å². The summed E-state index contributed by atoms with van der Waals surface area (Å²) < 4.78 is 78.3. The lowest BCUT2D eigenvalue weighted by Crippen LogP contribution is -2.09. The van der Waals surface area contributed by atoms with Gasteiger partial charge in [-0.25, -0.2) is 8.78 Å². The van der Waals surface area contributed by atoms with Gasteiger partial charge in [0, 0.05) is 17.7 Å². The van der Waals surface area contributed by atoms with Crippen LogP contribution in [0.15, 0.2) is 36.4 Å². The monoisotopic (exact) mass is 457 g/mol. The van der Waals surface area contributed by atoms with E-state index in [0.717, 1.165) is 24.1 Å². The lowest BCUT2D eigenvalue weighted by atomic mass is 10.0. The summed E-state index contributed by atoms with van der Waals surface area (Å²) in [6, 6.07) is 9.00. The predicted molar refractivity (Wildman–Crippen MR) is 108 cm³/mol. The maximum absolute atomic E-state index is 14.3. The standard InChI is InChI=1S/C22H20F5NO2S/c1-2-13-5-7-15(8-6-13)19-16(21(31-28-19)22(25,26)27)12-30-20-17(23)10-14(4-3-9-29)11-18(20)24/h5-8,10-11,29H,2-4,9,12H2,1H3. The second kappa shape index (κ2) is 9.74. The van der Waals surface area contributed by atoms with Crippen molar-refractivity contribution in [1.82, 2.24) is 4.37 Å². The molecule has 0 aliphatic heterocycles. The third-order valence-electron chi connectivity index (χ3n) is 4.72. The number of benzene rings is 2. The third-order valence-corrected chi connectivity index (χ3v) is 5.66. The molecule has 0 saturated heterocycles. The Kier molecular flexibility index (Phi) is 7.27. The zero-order valence-electron chi connectivity index (χ0n) is 16.6. The fraction of sp³-hybridized carbons (Fsp3) is 0.318. The maximum atomic E-state index is 14.3. The number of hydrogen-bond donors (Lipinski definition) is 1. The molecule has 0 bridgehead atoms. The molecule has 0 amide bonds. The quantitative estimate of drug-likeness (QED) is 0.411. The minimum atomic E-state index is -4.68. The van der Waals surface area contributed by atoms with E-state index < -0.39 is 35.0 Å². The number of nitrogens with zero attached hydrogens (tertiary/aromatic N) is 1. The van der Waals surface area contributed by atoms with E-state index in [9.17, 15) is 22.0 Å². The second-order valence-electron chi connectivity index (χ2n) is 6.89. The Balaban J connectivity index is 1.92. The maximum Gasteiger partial charge on any atom is 0.427 e. The van der Waals surface area contributed by atoms with Gasteiger partial charge in [-0.2, -0.15) is 17.5 Å². The Hall–Kier alpha value is -2.52. The van der Waals surface area contributed by atoms with Gasteiger partial charge in [-0.05, 0) is 54.1 Å². The average molecular weight is 457 g/mol. The molecule has 0 spiro atoms. The summed E-state index contributed by atoms with van der Waals surface area (Å²) in [5.41, 5.74) is 1.59. The van der Waals surface area contributed by atoms with Crippen molar-refractivity contribution in [3.63, 3.8) is 0 Å². The van der Waals surface area contributed by atoms with Crippen LogP contribution in [0, 0.1) is 11.6 Å². The highest BCUT2D eigenvalue weighted by molar-refractivity contribution is 7.06. The van der Waals surface area contributed by atoms with Crippen molar-refractivity contribution in [2.75, 3.05) is 6.61 Å². The highest BCUT2D eigenvalue weighted by atomic mass is 32.1. The van der Waals surface area contributed by atoms with E-state index in [1.165, 1.54) is 0 Å². The molecule has 3 rings (SSSR count). The zero-order chi connectivity index (χ0) is 22.6. The van der Waals surface area contributed by atoms with Crippen molar-refractivity contribution in [1.29, 1.82) is 0 Å². The van der Waals surface area contributed by atoms with Gasteiger partial charge in [0.15, 0.2) is 17.4 Å². The van der Waals surface area contributed by atoms with Gasteiger partial charge in [0.25, 0.3) is 0 Å². The Bertz CT molecular complexity index is 1010. The van der Waals surface area contributed by atoms with E-state index in [2.05, 4.69) is 4.37 Å². The molecule has 0 unspecified atom stereocenters. The molecule has 1 heterocycles. The lowest BCUT2D eigenvalue weighted by Gasteiger charge is -2.13. The fourth-order valence-electron chi connectivity index (χ4n) is 3.11. The van der Waals surface area contributed by atoms with Gasteiger partial charge in [-0.3, -0.25) is 0 Å². The van der Waals surface area contributed by atoms with Crippen LogP contribution < -0.4 is 4.74 Å². The van der Waals surface area contributed by atoms with Gasteiger partial charge in [-0.15, -0.1) is 0 Å². The number of aliphatic hydroxyl groups is 1. The molecule has 9 heteroatoms. The number of halogens is 5. The van der Waals surface area contributed by atoms with E-state index in [0.29, 0.717) is 17.5 Å². The molecule has 0 aliphatic rings. The number of ether oxygens (including phenoxy) is 1. The van der Waals surface area contributed by atoms with E-state index >= 15 is 0 Å². The molecule has 0 aliphatic carbocycles. The first-order valence-corrected chi connectivity index (χ1v) is 10.4. The van der Waals surface area contributed by atoms with Gasteiger partial charge >= 0.3 is 6.18 Å². The van der Waals surface area contributed by atoms with Gasteiger partial charge in [0.2, 0.25) is 0 Å². The molecule has 3 aromatic rings. The first-order chi connectivity index (χ1) is 14.7. The number of aryl methyl sites for hydroxylation is 2. The predicted octanol–water partition coefficient (Wildman–Crippen LogP) is 6.17. The highest BCUT2D eigenvalue weighted by Crippen LogP contribution is 2.40. The van der Waals surface area contributed by atoms with Crippen molar-refractivity contribution in [3.05, 3.63) is 69.6 Å². The van der Waals surface area contributed by atoms with Crippen LogP contribution in [-0.4, -0.2) is 16.1 Å². The number of hydrogen-bond acceptors (Lipinski definition) is 4. The van der Waals surface area contributed by atoms with Crippen LogP contribution in [0.2, 0.25) is 0 Å². The van der Waals surface area contributed by atoms with E-state index in [1.807, 2.05) is 6.92 Å². The van der Waals surface area contributed by atoms with Crippen LogP contribution in [0.5, 0.6) is 5.75 Å². The molecule has 0 radical (unpaired) electrons. The summed E-state index contributed by atoms with van der Waals surface area (Å²) in [7, 11) is 0. The van der Waals surface area contributed by atoms with Crippen LogP contribution >= 0.6 is 11.5 Å². The number of alkyl halides is 3. The van der Waals surface area contributed by atoms with E-state index in [1.54, 1.807) is 24.3 Å². The van der Waals surface area contributed by atoms with Crippen molar-refractivity contribution in [2.24, 2.45) is 0 Å². The average Bonchev–Trinajstić information content (AvgIpc) is 3.16. The van der Waals surface area contributed by atoms with Crippen LogP contribution in [0.1, 0.15) is 34.9 Å². The molecule has 166 valence electrons.